The lowest BCUT2D eigenvalue weighted by Gasteiger charge is -2.15. The molecule has 0 fully saturated rings. The van der Waals surface area contributed by atoms with E-state index >= 15 is 0 Å². The van der Waals surface area contributed by atoms with Crippen LogP contribution in [0, 0.1) is 6.92 Å². The first-order valence-corrected chi connectivity index (χ1v) is 8.56. The van der Waals surface area contributed by atoms with E-state index in [0.29, 0.717) is 15.7 Å². The first kappa shape index (κ1) is 17.7. The predicted octanol–water partition coefficient (Wildman–Crippen LogP) is 1.37. The average molecular weight is 371 g/mol. The molecule has 2 amide bonds. The van der Waals surface area contributed by atoms with Crippen molar-refractivity contribution < 1.29 is 9.59 Å². The molecule has 9 nitrogen and oxygen atoms in total. The molecular formula is C16H17N7O2S. The van der Waals surface area contributed by atoms with Crippen molar-refractivity contribution in [2.24, 2.45) is 0 Å². The molecule has 0 aliphatic rings. The number of tetrazole rings is 1. The number of hydrogen-bond donors (Lipinski definition) is 1. The molecule has 1 unspecified atom stereocenters. The summed E-state index contributed by atoms with van der Waals surface area (Å²) in [7, 11) is 3.34. The molecule has 0 aliphatic carbocycles. The van der Waals surface area contributed by atoms with Crippen LogP contribution in [0.15, 0.2) is 36.7 Å². The minimum absolute atomic E-state index is 0.152. The van der Waals surface area contributed by atoms with Gasteiger partial charge in [-0.2, -0.15) is 0 Å². The predicted molar refractivity (Wildman–Crippen MR) is 95.9 cm³/mol. The van der Waals surface area contributed by atoms with Crippen molar-refractivity contribution in [1.29, 1.82) is 0 Å². The first-order chi connectivity index (χ1) is 12.5. The molecule has 0 saturated heterocycles. The van der Waals surface area contributed by atoms with E-state index in [4.69, 9.17) is 0 Å². The van der Waals surface area contributed by atoms with Crippen molar-refractivity contribution in [1.82, 2.24) is 30.1 Å². The zero-order valence-electron chi connectivity index (χ0n) is 14.4. The van der Waals surface area contributed by atoms with Crippen LogP contribution in [0.2, 0.25) is 0 Å². The number of thiazole rings is 1. The van der Waals surface area contributed by atoms with Gasteiger partial charge in [-0.05, 0) is 22.9 Å². The molecule has 134 valence electrons. The summed E-state index contributed by atoms with van der Waals surface area (Å²) < 4.78 is 1.37. The van der Waals surface area contributed by atoms with Gasteiger partial charge >= 0.3 is 0 Å². The molecule has 10 heteroatoms. The summed E-state index contributed by atoms with van der Waals surface area (Å²) in [6.07, 6.45) is 1.38. The Balaban J connectivity index is 1.88. The molecule has 0 radical (unpaired) electrons. The molecule has 0 aliphatic heterocycles. The minimum Gasteiger partial charge on any atom is -0.344 e. The largest absolute Gasteiger partial charge is 0.344 e. The Labute approximate surface area is 153 Å². The second-order valence-electron chi connectivity index (χ2n) is 5.73. The summed E-state index contributed by atoms with van der Waals surface area (Å²) in [5, 5.41) is 14.2. The molecule has 0 spiro atoms. The SMILES string of the molecule is Cc1nc(NC(=O)C(c2ccccc2)n2cnnn2)sc1C(=O)N(C)C. The van der Waals surface area contributed by atoms with Gasteiger partial charge in [-0.15, -0.1) is 5.10 Å². The molecule has 1 atom stereocenters. The van der Waals surface area contributed by atoms with Crippen molar-refractivity contribution in [2.45, 2.75) is 13.0 Å². The van der Waals surface area contributed by atoms with E-state index in [1.165, 1.54) is 15.9 Å². The highest BCUT2D eigenvalue weighted by atomic mass is 32.1. The third kappa shape index (κ3) is 3.59. The molecule has 2 aromatic heterocycles. The molecule has 26 heavy (non-hydrogen) atoms. The van der Waals surface area contributed by atoms with Crippen LogP contribution in [0.1, 0.15) is 27.0 Å². The number of aromatic nitrogens is 5. The molecule has 3 rings (SSSR count). The maximum atomic E-state index is 12.9. The van der Waals surface area contributed by atoms with Crippen LogP contribution < -0.4 is 5.32 Å². The van der Waals surface area contributed by atoms with Crippen LogP contribution in [-0.2, 0) is 4.79 Å². The molecule has 2 heterocycles. The number of benzene rings is 1. The lowest BCUT2D eigenvalue weighted by atomic mass is 10.1. The Morgan fingerprint density at radius 2 is 1.96 bits per heavy atom. The summed E-state index contributed by atoms with van der Waals surface area (Å²) in [6, 6.07) is 8.42. The van der Waals surface area contributed by atoms with Crippen LogP contribution in [0.3, 0.4) is 0 Å². The van der Waals surface area contributed by atoms with E-state index in [-0.39, 0.29) is 11.8 Å². The van der Waals surface area contributed by atoms with Crippen LogP contribution >= 0.6 is 11.3 Å². The van der Waals surface area contributed by atoms with Crippen molar-refractivity contribution >= 4 is 28.3 Å². The van der Waals surface area contributed by atoms with Gasteiger partial charge in [-0.1, -0.05) is 41.7 Å². The summed E-state index contributed by atoms with van der Waals surface area (Å²) >= 11 is 1.14. The van der Waals surface area contributed by atoms with Gasteiger partial charge in [0.2, 0.25) is 0 Å². The Kier molecular flexibility index (Phi) is 5.03. The molecule has 3 aromatic rings. The Morgan fingerprint density at radius 1 is 1.23 bits per heavy atom. The van der Waals surface area contributed by atoms with Crippen molar-refractivity contribution in [3.63, 3.8) is 0 Å². The van der Waals surface area contributed by atoms with Gasteiger partial charge in [0.15, 0.2) is 11.2 Å². The third-order valence-electron chi connectivity index (χ3n) is 3.62. The number of nitrogens with one attached hydrogen (secondary N) is 1. The van der Waals surface area contributed by atoms with Gasteiger partial charge < -0.3 is 4.90 Å². The van der Waals surface area contributed by atoms with Gasteiger partial charge in [-0.3, -0.25) is 14.9 Å². The van der Waals surface area contributed by atoms with E-state index < -0.39 is 6.04 Å². The standard InChI is InChI=1S/C16H17N7O2S/c1-10-13(15(25)22(2)3)26-16(18-10)19-14(24)12(23-9-17-20-21-23)11-7-5-4-6-8-11/h4-9,12H,1-3H3,(H,18,19,24). The summed E-state index contributed by atoms with van der Waals surface area (Å²) in [5.74, 6) is -0.498. The van der Waals surface area contributed by atoms with E-state index in [1.807, 2.05) is 30.3 Å². The molecule has 0 bridgehead atoms. The van der Waals surface area contributed by atoms with Gasteiger partial charge in [0.25, 0.3) is 11.8 Å². The molecular weight excluding hydrogens is 354 g/mol. The topological polar surface area (TPSA) is 106 Å². The highest BCUT2D eigenvalue weighted by molar-refractivity contribution is 7.17. The van der Waals surface area contributed by atoms with Crippen molar-refractivity contribution in [3.05, 3.63) is 52.8 Å². The number of anilines is 1. The van der Waals surface area contributed by atoms with Crippen LogP contribution in [0.5, 0.6) is 0 Å². The zero-order valence-corrected chi connectivity index (χ0v) is 15.3. The lowest BCUT2D eigenvalue weighted by Crippen LogP contribution is -2.27. The summed E-state index contributed by atoms with van der Waals surface area (Å²) in [6.45, 7) is 1.74. The quantitative estimate of drug-likeness (QED) is 0.726. The second-order valence-corrected chi connectivity index (χ2v) is 6.72. The van der Waals surface area contributed by atoms with Crippen LogP contribution in [-0.4, -0.2) is 56.0 Å². The first-order valence-electron chi connectivity index (χ1n) is 7.74. The highest BCUT2D eigenvalue weighted by Gasteiger charge is 2.26. The Bertz CT molecular complexity index is 906. The van der Waals surface area contributed by atoms with Crippen LogP contribution in [0.25, 0.3) is 0 Å². The maximum Gasteiger partial charge on any atom is 0.265 e. The molecule has 0 saturated carbocycles. The summed E-state index contributed by atoms with van der Waals surface area (Å²) in [4.78, 5) is 31.3. The fourth-order valence-corrected chi connectivity index (χ4v) is 3.36. The van der Waals surface area contributed by atoms with Crippen molar-refractivity contribution in [2.75, 3.05) is 19.4 Å². The minimum atomic E-state index is -0.747. The van der Waals surface area contributed by atoms with E-state index in [9.17, 15) is 9.59 Å². The fourth-order valence-electron chi connectivity index (χ4n) is 2.37. The maximum absolute atomic E-state index is 12.9. The normalized spacial score (nSPS) is 11.8. The van der Waals surface area contributed by atoms with E-state index in [1.54, 1.807) is 21.0 Å². The van der Waals surface area contributed by atoms with Crippen molar-refractivity contribution in [3.8, 4) is 0 Å². The van der Waals surface area contributed by atoms with Crippen LogP contribution in [0.4, 0.5) is 5.13 Å². The second kappa shape index (κ2) is 7.40. The molecule has 1 N–H and O–H groups in total. The lowest BCUT2D eigenvalue weighted by molar-refractivity contribution is -0.118. The Morgan fingerprint density at radius 3 is 2.58 bits per heavy atom. The van der Waals surface area contributed by atoms with E-state index in [2.05, 4.69) is 25.8 Å². The average Bonchev–Trinajstić information content (AvgIpc) is 3.25. The highest BCUT2D eigenvalue weighted by Crippen LogP contribution is 2.25. The number of rotatable bonds is 5. The monoisotopic (exact) mass is 371 g/mol. The number of carbonyl (C=O) groups is 2. The number of hydrogen-bond acceptors (Lipinski definition) is 7. The van der Waals surface area contributed by atoms with Gasteiger partial charge in [0.05, 0.1) is 5.69 Å². The molecule has 1 aromatic carbocycles. The number of carbonyl (C=O) groups excluding carboxylic acids is 2. The smallest absolute Gasteiger partial charge is 0.265 e. The van der Waals surface area contributed by atoms with Gasteiger partial charge in [-0.25, -0.2) is 9.67 Å². The third-order valence-corrected chi connectivity index (χ3v) is 4.68. The number of nitrogens with zero attached hydrogens (tertiary/aromatic N) is 6. The number of aryl methyl sites for hydroxylation is 1. The van der Waals surface area contributed by atoms with Gasteiger partial charge in [0.1, 0.15) is 11.2 Å². The number of amides is 2. The zero-order chi connectivity index (χ0) is 18.7. The Hall–Kier alpha value is -3.14. The fraction of sp³-hybridized carbons (Fsp3) is 0.250. The summed E-state index contributed by atoms with van der Waals surface area (Å²) in [5.41, 5.74) is 1.30. The van der Waals surface area contributed by atoms with Gasteiger partial charge in [0, 0.05) is 14.1 Å². The van der Waals surface area contributed by atoms with E-state index in [0.717, 1.165) is 16.9 Å².